The Morgan fingerprint density at radius 3 is 2.52 bits per heavy atom. The van der Waals surface area contributed by atoms with Gasteiger partial charge >= 0.3 is 0 Å². The van der Waals surface area contributed by atoms with Gasteiger partial charge in [-0.25, -0.2) is 4.68 Å². The van der Waals surface area contributed by atoms with Crippen molar-refractivity contribution in [2.45, 2.75) is 70.1 Å². The molecule has 0 radical (unpaired) electrons. The van der Waals surface area contributed by atoms with E-state index in [2.05, 4.69) is 90.2 Å². The van der Waals surface area contributed by atoms with Gasteiger partial charge < -0.3 is 10.6 Å². The second-order valence-electron chi connectivity index (χ2n) is 13.4. The van der Waals surface area contributed by atoms with Crippen LogP contribution in [0.4, 0.5) is 11.4 Å². The van der Waals surface area contributed by atoms with Crippen LogP contribution in [0.5, 0.6) is 0 Å². The van der Waals surface area contributed by atoms with Crippen molar-refractivity contribution in [3.05, 3.63) is 112 Å². The number of benzene rings is 3. The van der Waals surface area contributed by atoms with E-state index in [0.717, 1.165) is 72.3 Å². The van der Waals surface area contributed by atoms with Gasteiger partial charge in [0.25, 0.3) is 0 Å². The van der Waals surface area contributed by atoms with Crippen LogP contribution in [0.2, 0.25) is 5.02 Å². The minimum absolute atomic E-state index is 0.103. The highest BCUT2D eigenvalue weighted by Crippen LogP contribution is 2.40. The zero-order chi connectivity index (χ0) is 31.8. The number of nitrogens with one attached hydrogen (secondary N) is 2. The molecule has 7 rings (SSSR count). The number of fused-ring (bicyclic) bond motifs is 2. The highest BCUT2D eigenvalue weighted by Gasteiger charge is 2.30. The molecule has 2 aliphatic rings. The lowest BCUT2D eigenvalue weighted by Crippen LogP contribution is -2.46. The average Bonchev–Trinajstić information content (AvgIpc) is 3.72. The molecule has 0 saturated carbocycles. The van der Waals surface area contributed by atoms with Crippen LogP contribution in [0.25, 0.3) is 10.9 Å². The largest absolute Gasteiger partial charge is 0.377 e. The summed E-state index contributed by atoms with van der Waals surface area (Å²) < 4.78 is 2.04. The van der Waals surface area contributed by atoms with Crippen molar-refractivity contribution in [1.82, 2.24) is 24.9 Å². The molecule has 2 N–H and O–H groups in total. The molecule has 1 fully saturated rings. The van der Waals surface area contributed by atoms with E-state index in [1.165, 1.54) is 11.1 Å². The summed E-state index contributed by atoms with van der Waals surface area (Å²) in [6.07, 6.45) is 7.77. The molecule has 0 unspecified atom stereocenters. The summed E-state index contributed by atoms with van der Waals surface area (Å²) in [5, 5.41) is 28.2. The predicted molar refractivity (Wildman–Crippen MR) is 184 cm³/mol. The van der Waals surface area contributed by atoms with E-state index in [9.17, 15) is 5.26 Å². The molecule has 2 atom stereocenters. The number of likely N-dealkylation sites (tertiary alicyclic amines) is 1. The summed E-state index contributed by atoms with van der Waals surface area (Å²) >= 11 is 6.80. The molecule has 8 nitrogen and oxygen atoms in total. The number of hydrogen-bond acceptors (Lipinski definition) is 7. The molecule has 1 aliphatic heterocycles. The molecule has 1 saturated heterocycles. The fraction of sp³-hybridized carbons (Fsp3) is 0.351. The van der Waals surface area contributed by atoms with Crippen molar-refractivity contribution in [3.8, 4) is 6.07 Å². The van der Waals surface area contributed by atoms with Crippen molar-refractivity contribution in [3.63, 3.8) is 0 Å². The first-order chi connectivity index (χ1) is 22.3. The standard InChI is InChI=1S/C37H39ClN8/c1-37(2,3)45-17-15-28(16-18-45)46-23-33(43-44-46)35(25-10-5-4-6-11-25)42-32-20-27(38)19-30-34(26(21-39)22-40-36(30)32)41-31-14-13-24-9-7-8-12-29(24)31/h4-12,19-20,22-23,28,31,35,42H,13-18H2,1-3H3,(H,40,41)/t31-,35-/m0/s1. The Morgan fingerprint density at radius 1 is 1.00 bits per heavy atom. The van der Waals surface area contributed by atoms with Gasteiger partial charge in [0.1, 0.15) is 11.8 Å². The Kier molecular flexibility index (Phi) is 8.14. The third kappa shape index (κ3) is 5.93. The summed E-state index contributed by atoms with van der Waals surface area (Å²) in [4.78, 5) is 7.33. The number of anilines is 2. The number of hydrogen-bond donors (Lipinski definition) is 2. The number of pyridine rings is 1. The molecule has 0 bridgehead atoms. The number of nitriles is 1. The highest BCUT2D eigenvalue weighted by molar-refractivity contribution is 6.32. The molecule has 2 aromatic heterocycles. The van der Waals surface area contributed by atoms with Gasteiger partial charge in [-0.3, -0.25) is 9.88 Å². The molecule has 3 aromatic carbocycles. The van der Waals surface area contributed by atoms with Crippen molar-refractivity contribution < 1.29 is 0 Å². The van der Waals surface area contributed by atoms with E-state index < -0.39 is 0 Å². The van der Waals surface area contributed by atoms with Crippen molar-refractivity contribution in [2.24, 2.45) is 0 Å². The lowest BCUT2D eigenvalue weighted by Gasteiger charge is -2.40. The van der Waals surface area contributed by atoms with Gasteiger partial charge in [-0.15, -0.1) is 5.10 Å². The number of rotatable bonds is 7. The van der Waals surface area contributed by atoms with Gasteiger partial charge in [-0.1, -0.05) is 71.4 Å². The number of piperidine rings is 1. The number of nitrogens with zero attached hydrogens (tertiary/aromatic N) is 6. The molecule has 5 aromatic rings. The zero-order valence-electron chi connectivity index (χ0n) is 26.5. The molecule has 0 amide bonds. The summed E-state index contributed by atoms with van der Waals surface area (Å²) in [5.41, 5.74) is 7.41. The van der Waals surface area contributed by atoms with E-state index in [1.54, 1.807) is 6.20 Å². The molecule has 1 aliphatic carbocycles. The second-order valence-corrected chi connectivity index (χ2v) is 13.9. The van der Waals surface area contributed by atoms with Crippen LogP contribution in [0.3, 0.4) is 0 Å². The van der Waals surface area contributed by atoms with Crippen LogP contribution in [0.1, 0.15) is 86.1 Å². The summed E-state index contributed by atoms with van der Waals surface area (Å²) in [5.74, 6) is 0. The van der Waals surface area contributed by atoms with Gasteiger partial charge in [-0.2, -0.15) is 5.26 Å². The third-order valence-corrected chi connectivity index (χ3v) is 9.77. The van der Waals surface area contributed by atoms with Crippen molar-refractivity contribution in [1.29, 1.82) is 5.26 Å². The third-order valence-electron chi connectivity index (χ3n) is 9.55. The van der Waals surface area contributed by atoms with Gasteiger partial charge in [0.2, 0.25) is 0 Å². The van der Waals surface area contributed by atoms with E-state index in [4.69, 9.17) is 21.7 Å². The summed E-state index contributed by atoms with van der Waals surface area (Å²) in [7, 11) is 0. The van der Waals surface area contributed by atoms with E-state index >= 15 is 0 Å². The first-order valence-corrected chi connectivity index (χ1v) is 16.5. The van der Waals surface area contributed by atoms with Crippen LogP contribution in [-0.2, 0) is 6.42 Å². The van der Waals surface area contributed by atoms with E-state index in [-0.39, 0.29) is 17.6 Å². The SMILES string of the molecule is CC(C)(C)N1CCC(n2cc([C@@H](Nc3cc(Cl)cc4c(N[C@H]5CCc6ccccc65)c(C#N)cnc34)c3ccccc3)nn2)CC1. The van der Waals surface area contributed by atoms with Crippen LogP contribution in [0, 0.1) is 11.3 Å². The van der Waals surface area contributed by atoms with Gasteiger partial charge in [0, 0.05) is 35.2 Å². The normalized spacial score (nSPS) is 17.8. The Hall–Kier alpha value is -4.45. The minimum Gasteiger partial charge on any atom is -0.377 e. The van der Waals surface area contributed by atoms with Gasteiger partial charge in [0.15, 0.2) is 0 Å². The first kappa shape index (κ1) is 30.2. The molecule has 234 valence electrons. The smallest absolute Gasteiger partial charge is 0.109 e. The monoisotopic (exact) mass is 630 g/mol. The van der Waals surface area contributed by atoms with Crippen LogP contribution in [-0.4, -0.2) is 43.5 Å². The van der Waals surface area contributed by atoms with Crippen LogP contribution < -0.4 is 10.6 Å². The highest BCUT2D eigenvalue weighted by atomic mass is 35.5. The number of halogens is 1. The lowest BCUT2D eigenvalue weighted by atomic mass is 9.98. The van der Waals surface area contributed by atoms with Crippen LogP contribution >= 0.6 is 11.6 Å². The first-order valence-electron chi connectivity index (χ1n) is 16.1. The van der Waals surface area contributed by atoms with Crippen molar-refractivity contribution >= 4 is 33.9 Å². The maximum absolute atomic E-state index is 10.1. The minimum atomic E-state index is -0.290. The fourth-order valence-corrected chi connectivity index (χ4v) is 7.25. The molecular weight excluding hydrogens is 592 g/mol. The maximum atomic E-state index is 10.1. The fourth-order valence-electron chi connectivity index (χ4n) is 7.03. The molecule has 46 heavy (non-hydrogen) atoms. The number of aryl methyl sites for hydroxylation is 1. The molecule has 3 heterocycles. The Bertz CT molecular complexity index is 1900. The maximum Gasteiger partial charge on any atom is 0.109 e. The van der Waals surface area contributed by atoms with E-state index in [1.807, 2.05) is 35.0 Å². The summed E-state index contributed by atoms with van der Waals surface area (Å²) in [6, 6.07) is 25.0. The molecule has 0 spiro atoms. The van der Waals surface area contributed by atoms with E-state index in [0.29, 0.717) is 16.6 Å². The van der Waals surface area contributed by atoms with Gasteiger partial charge in [0.05, 0.1) is 46.8 Å². The van der Waals surface area contributed by atoms with Crippen LogP contribution in [0.15, 0.2) is 79.1 Å². The number of aromatic nitrogens is 4. The molecular formula is C37H39ClN8. The van der Waals surface area contributed by atoms with Crippen molar-refractivity contribution in [2.75, 3.05) is 23.7 Å². The quantitative estimate of drug-likeness (QED) is 0.188. The predicted octanol–water partition coefficient (Wildman–Crippen LogP) is 8.09. The topological polar surface area (TPSA) is 94.7 Å². The van der Waals surface area contributed by atoms with Gasteiger partial charge in [-0.05, 0) is 75.3 Å². The Morgan fingerprint density at radius 2 is 1.76 bits per heavy atom. The molecule has 9 heteroatoms. The average molecular weight is 631 g/mol. The lowest BCUT2D eigenvalue weighted by molar-refractivity contribution is 0.0866. The Labute approximate surface area is 275 Å². The second kappa shape index (κ2) is 12.4. The zero-order valence-corrected chi connectivity index (χ0v) is 27.3. The summed E-state index contributed by atoms with van der Waals surface area (Å²) in [6.45, 7) is 8.91. The Balaban J connectivity index is 1.23.